The van der Waals surface area contributed by atoms with Crippen LogP contribution in [0.5, 0.6) is 0 Å². The van der Waals surface area contributed by atoms with E-state index in [-0.39, 0.29) is 59.1 Å². The van der Waals surface area contributed by atoms with Gasteiger partial charge in [0.05, 0.1) is 18.2 Å². The first-order valence-corrected chi connectivity index (χ1v) is 13.7. The number of benzene rings is 1. The zero-order valence-corrected chi connectivity index (χ0v) is 27.0. The van der Waals surface area contributed by atoms with Crippen LogP contribution in [-0.2, 0) is 46.5 Å². The molecule has 0 spiro atoms. The summed E-state index contributed by atoms with van der Waals surface area (Å²) in [6.07, 6.45) is 15.2. The van der Waals surface area contributed by atoms with Crippen molar-refractivity contribution in [3.8, 4) is 0 Å². The molecule has 3 aromatic heterocycles. The van der Waals surface area contributed by atoms with Gasteiger partial charge >= 0.3 is 28.7 Å². The molecule has 5 heterocycles. The molecular formula is C31H33BMoN7O5-. The van der Waals surface area contributed by atoms with Crippen molar-refractivity contribution in [2.75, 3.05) is 6.61 Å². The molecule has 12 nitrogen and oxygen atoms in total. The predicted octanol–water partition coefficient (Wildman–Crippen LogP) is 4.02. The van der Waals surface area contributed by atoms with Crippen LogP contribution in [0.2, 0.25) is 0 Å². The Morgan fingerprint density at radius 2 is 1.49 bits per heavy atom. The minimum Gasteiger partial charge on any atom is -0.425 e. The van der Waals surface area contributed by atoms with E-state index in [2.05, 4.69) is 41.3 Å². The SMILES string of the molecule is C=C1C[C@H]2C(C)=C[CH][C@@H]([C@H]1OCC)N2C(=O)OCc1ccccc1.[C-]#[O+].[C-]#[O+].[Mo].c1cnn([B-](n2cccn2)n2cccn2)c1. The first kappa shape index (κ1) is 37.0. The van der Waals surface area contributed by atoms with Crippen LogP contribution < -0.4 is 0 Å². The molecule has 2 bridgehead atoms. The van der Waals surface area contributed by atoms with Crippen molar-refractivity contribution in [1.29, 1.82) is 0 Å². The fourth-order valence-corrected chi connectivity index (χ4v) is 5.05. The number of piperidine rings is 1. The van der Waals surface area contributed by atoms with Crippen LogP contribution >= 0.6 is 0 Å². The van der Waals surface area contributed by atoms with Crippen LogP contribution in [0.25, 0.3) is 0 Å². The minimum atomic E-state index is -0.297. The van der Waals surface area contributed by atoms with Gasteiger partial charge in [-0.05, 0) is 68.2 Å². The van der Waals surface area contributed by atoms with Gasteiger partial charge in [0.25, 0.3) is 7.12 Å². The van der Waals surface area contributed by atoms with Gasteiger partial charge in [-0.1, -0.05) is 48.6 Å². The first-order chi connectivity index (χ1) is 21.6. The summed E-state index contributed by atoms with van der Waals surface area (Å²) < 4.78 is 31.8. The number of carbonyl (C=O) groups excluding carboxylic acids is 1. The second-order valence-electron chi connectivity index (χ2n) is 9.60. The van der Waals surface area contributed by atoms with Crippen LogP contribution in [0.3, 0.4) is 0 Å². The normalized spacial score (nSPS) is 17.9. The minimum absolute atomic E-state index is 0. The molecule has 4 aromatic rings. The summed E-state index contributed by atoms with van der Waals surface area (Å²) in [7, 11) is -0.194. The maximum Gasteiger partial charge on any atom is 0.260 e. The number of ether oxygens (including phenoxy) is 2. The number of amides is 1. The van der Waals surface area contributed by atoms with Gasteiger partial charge in [-0.3, -0.25) is 4.90 Å². The van der Waals surface area contributed by atoms with Crippen molar-refractivity contribution in [1.82, 2.24) is 34.0 Å². The number of carbonyl (C=O) groups is 1. The van der Waals surface area contributed by atoms with E-state index in [1.807, 2.05) is 92.3 Å². The molecule has 232 valence electrons. The molecule has 0 aliphatic carbocycles. The Kier molecular flexibility index (Phi) is 15.8. The molecule has 2 radical (unpaired) electrons. The second kappa shape index (κ2) is 19.2. The topological polar surface area (TPSA) is 132 Å². The molecule has 6 rings (SSSR count). The Balaban J connectivity index is 0.000000292. The van der Waals surface area contributed by atoms with Gasteiger partial charge in [-0.2, -0.15) is 0 Å². The van der Waals surface area contributed by atoms with Crippen molar-refractivity contribution >= 4 is 13.2 Å². The van der Waals surface area contributed by atoms with Crippen LogP contribution in [0, 0.1) is 19.7 Å². The Morgan fingerprint density at radius 3 is 1.96 bits per heavy atom. The summed E-state index contributed by atoms with van der Waals surface area (Å²) in [6, 6.07) is 15.2. The van der Waals surface area contributed by atoms with Crippen LogP contribution in [0.4, 0.5) is 4.79 Å². The molecule has 1 aromatic carbocycles. The van der Waals surface area contributed by atoms with Crippen molar-refractivity contribution < 1.29 is 44.6 Å². The van der Waals surface area contributed by atoms with Crippen molar-refractivity contribution in [3.05, 3.63) is 135 Å². The van der Waals surface area contributed by atoms with Crippen molar-refractivity contribution in [2.24, 2.45) is 0 Å². The Labute approximate surface area is 277 Å². The van der Waals surface area contributed by atoms with Gasteiger partial charge in [-0.25, -0.2) is 20.1 Å². The summed E-state index contributed by atoms with van der Waals surface area (Å²) in [4.78, 5) is 14.6. The second-order valence-corrected chi connectivity index (χ2v) is 9.60. The molecule has 0 unspecified atom stereocenters. The molecule has 1 amide bonds. The Bertz CT molecular complexity index is 1410. The van der Waals surface area contributed by atoms with Gasteiger partial charge < -0.3 is 23.3 Å². The molecular weight excluding hydrogens is 657 g/mol. The van der Waals surface area contributed by atoms with E-state index >= 15 is 0 Å². The molecule has 3 atom stereocenters. The van der Waals surface area contributed by atoms with Crippen LogP contribution in [0.1, 0.15) is 25.8 Å². The van der Waals surface area contributed by atoms with E-state index < -0.39 is 0 Å². The molecule has 0 N–H and O–H groups in total. The summed E-state index contributed by atoms with van der Waals surface area (Å²) in [5.74, 6) is 0. The molecule has 14 heteroatoms. The van der Waals surface area contributed by atoms with E-state index in [4.69, 9.17) is 18.8 Å². The fourth-order valence-electron chi connectivity index (χ4n) is 5.05. The predicted molar refractivity (Wildman–Crippen MR) is 160 cm³/mol. The van der Waals surface area contributed by atoms with E-state index in [9.17, 15) is 4.79 Å². The Morgan fingerprint density at radius 1 is 0.956 bits per heavy atom. The number of rotatable bonds is 7. The quantitative estimate of drug-likeness (QED) is 0.125. The summed E-state index contributed by atoms with van der Waals surface area (Å²) in [5.41, 5.74) is 3.18. The maximum absolute atomic E-state index is 12.8. The average molecular weight is 690 g/mol. The molecule has 1 saturated heterocycles. The van der Waals surface area contributed by atoms with Gasteiger partial charge in [0.1, 0.15) is 6.61 Å². The number of nitrogens with zero attached hydrogens (tertiary/aromatic N) is 7. The average Bonchev–Trinajstić information content (AvgIpc) is 3.89. The van der Waals surface area contributed by atoms with Gasteiger partial charge in [0.2, 0.25) is 0 Å². The Hall–Kier alpha value is -4.21. The molecule has 2 aliphatic rings. The van der Waals surface area contributed by atoms with E-state index in [0.717, 1.165) is 23.1 Å². The molecule has 2 aliphatic heterocycles. The number of hydrogen-bond donors (Lipinski definition) is 0. The molecule has 1 fully saturated rings. The first-order valence-electron chi connectivity index (χ1n) is 13.7. The van der Waals surface area contributed by atoms with Gasteiger partial charge in [0, 0.05) is 52.7 Å². The van der Waals surface area contributed by atoms with Gasteiger partial charge in [-0.15, -0.1) is 0 Å². The number of aromatic nitrogens is 6. The maximum atomic E-state index is 12.8. The van der Waals surface area contributed by atoms with Crippen LogP contribution in [0.15, 0.2) is 110 Å². The van der Waals surface area contributed by atoms with Gasteiger partial charge in [0.15, 0.2) is 0 Å². The van der Waals surface area contributed by atoms with Crippen molar-refractivity contribution in [2.45, 2.75) is 45.1 Å². The monoisotopic (exact) mass is 692 g/mol. The summed E-state index contributed by atoms with van der Waals surface area (Å²) in [6.45, 7) is 18.0. The third kappa shape index (κ3) is 9.39. The number of hydrogen-bond acceptors (Lipinski definition) is 6. The zero-order valence-electron chi connectivity index (χ0n) is 25.0. The standard InChI is InChI=1S/C20H24NO3.C9H9BN6.2CO.Mo/c1-4-23-19-15(3)12-18-14(2)10-11-17(19)21(18)20(22)24-13-16-8-6-5-7-9-16;1-4-11-14(7-1)10(15-8-2-5-12-15)16-9-3-6-13-16;2*1-2;/h5-11,17-19H,3-4,12-13H2,1-2H3;1-9H;;;/q;-1;;;/t17-,18-,19-;;;;/m0..../s1. The fraction of sp³-hybridized carbons (Fsp3) is 0.258. The number of fused-ring (bicyclic) bond motifs is 2. The third-order valence-corrected chi connectivity index (χ3v) is 6.95. The van der Waals surface area contributed by atoms with Crippen LogP contribution in [-0.4, -0.2) is 72.0 Å². The van der Waals surface area contributed by atoms with E-state index in [0.29, 0.717) is 6.61 Å². The smallest absolute Gasteiger partial charge is 0.260 e. The zero-order chi connectivity index (χ0) is 31.9. The third-order valence-electron chi connectivity index (χ3n) is 6.95. The largest absolute Gasteiger partial charge is 0.425 e. The van der Waals surface area contributed by atoms with E-state index in [1.165, 1.54) is 0 Å². The van der Waals surface area contributed by atoms with Crippen molar-refractivity contribution in [3.63, 3.8) is 0 Å². The summed E-state index contributed by atoms with van der Waals surface area (Å²) in [5, 5.41) is 12.7. The molecule has 0 saturated carbocycles. The molecule has 45 heavy (non-hydrogen) atoms. The summed E-state index contributed by atoms with van der Waals surface area (Å²) >= 11 is 0. The van der Waals surface area contributed by atoms with E-state index in [1.54, 1.807) is 32.4 Å².